The first-order valence-corrected chi connectivity index (χ1v) is 7.92. The molecular formula is C15H13N3O5S. The molecule has 0 spiro atoms. The van der Waals surface area contributed by atoms with E-state index in [1.54, 1.807) is 29.7 Å². The second kappa shape index (κ2) is 5.93. The molecule has 0 atom stereocenters. The molecule has 1 N–H and O–H groups in total. The van der Waals surface area contributed by atoms with E-state index in [0.29, 0.717) is 21.8 Å². The van der Waals surface area contributed by atoms with E-state index in [4.69, 9.17) is 9.84 Å². The number of aromatic carboxylic acids is 1. The molecule has 124 valence electrons. The van der Waals surface area contributed by atoms with Crippen LogP contribution in [0.3, 0.4) is 0 Å². The highest BCUT2D eigenvalue weighted by Gasteiger charge is 2.24. The quantitative estimate of drug-likeness (QED) is 0.560. The second-order valence-electron chi connectivity index (χ2n) is 5.06. The zero-order valence-corrected chi connectivity index (χ0v) is 13.7. The number of nitro groups is 1. The second-order valence-corrected chi connectivity index (χ2v) is 5.89. The highest BCUT2D eigenvalue weighted by Crippen LogP contribution is 2.40. The number of carboxylic acid groups (broad SMARTS) is 1. The van der Waals surface area contributed by atoms with Gasteiger partial charge in [0.15, 0.2) is 10.7 Å². The van der Waals surface area contributed by atoms with Crippen LogP contribution in [-0.4, -0.2) is 32.0 Å². The van der Waals surface area contributed by atoms with Crippen LogP contribution < -0.4 is 4.74 Å². The molecule has 1 aromatic carbocycles. The van der Waals surface area contributed by atoms with E-state index in [-0.39, 0.29) is 23.7 Å². The Bertz CT molecular complexity index is 960. The predicted octanol–water partition coefficient (Wildman–Crippen LogP) is 3.38. The Morgan fingerprint density at radius 3 is 2.88 bits per heavy atom. The van der Waals surface area contributed by atoms with E-state index in [0.717, 1.165) is 0 Å². The number of hydrogen-bond acceptors (Lipinski definition) is 6. The molecule has 0 saturated heterocycles. The van der Waals surface area contributed by atoms with Crippen molar-refractivity contribution in [2.45, 2.75) is 13.8 Å². The molecule has 3 rings (SSSR count). The van der Waals surface area contributed by atoms with E-state index in [2.05, 4.69) is 4.98 Å². The van der Waals surface area contributed by atoms with Crippen LogP contribution in [0, 0.1) is 17.0 Å². The van der Waals surface area contributed by atoms with Crippen LogP contribution in [0.5, 0.6) is 5.75 Å². The lowest BCUT2D eigenvalue weighted by atomic mass is 10.1. The normalized spacial score (nSPS) is 10.9. The molecule has 24 heavy (non-hydrogen) atoms. The molecular weight excluding hydrogens is 334 g/mol. The van der Waals surface area contributed by atoms with Crippen LogP contribution in [0.4, 0.5) is 5.69 Å². The fourth-order valence-electron chi connectivity index (χ4n) is 2.46. The molecule has 2 aromatic heterocycles. The lowest BCUT2D eigenvalue weighted by molar-refractivity contribution is -0.385. The van der Waals surface area contributed by atoms with Crippen molar-refractivity contribution < 1.29 is 19.6 Å². The first-order chi connectivity index (χ1) is 11.4. The van der Waals surface area contributed by atoms with Gasteiger partial charge in [0.05, 0.1) is 17.2 Å². The van der Waals surface area contributed by atoms with Gasteiger partial charge in [-0.2, -0.15) is 0 Å². The van der Waals surface area contributed by atoms with Crippen LogP contribution in [0.2, 0.25) is 0 Å². The maximum Gasteiger partial charge on any atom is 0.356 e. The van der Waals surface area contributed by atoms with Gasteiger partial charge < -0.3 is 9.84 Å². The molecule has 0 saturated carbocycles. The van der Waals surface area contributed by atoms with Gasteiger partial charge in [0.2, 0.25) is 5.75 Å². The number of nitrogens with zero attached hydrogens (tertiary/aromatic N) is 3. The third kappa shape index (κ3) is 2.58. The lowest BCUT2D eigenvalue weighted by Gasteiger charge is -2.11. The van der Waals surface area contributed by atoms with E-state index in [1.807, 2.05) is 0 Å². The molecule has 0 aliphatic carbocycles. The summed E-state index contributed by atoms with van der Waals surface area (Å²) >= 11 is 1.26. The van der Waals surface area contributed by atoms with Crippen molar-refractivity contribution in [3.05, 3.63) is 45.1 Å². The number of nitro benzene ring substituents is 1. The Kier molecular flexibility index (Phi) is 3.94. The number of aromatic nitrogens is 2. The number of rotatable bonds is 5. The molecule has 3 aromatic rings. The predicted molar refractivity (Wildman–Crippen MR) is 88.0 cm³/mol. The van der Waals surface area contributed by atoms with Gasteiger partial charge >= 0.3 is 11.7 Å². The molecule has 0 aliphatic heterocycles. The van der Waals surface area contributed by atoms with E-state index in [1.165, 1.54) is 23.6 Å². The summed E-state index contributed by atoms with van der Waals surface area (Å²) in [7, 11) is 0. The maximum absolute atomic E-state index is 11.4. The van der Waals surface area contributed by atoms with Crippen molar-refractivity contribution in [1.29, 1.82) is 0 Å². The Labute approximate surface area is 140 Å². The van der Waals surface area contributed by atoms with Crippen molar-refractivity contribution in [3.63, 3.8) is 0 Å². The Morgan fingerprint density at radius 2 is 2.25 bits per heavy atom. The highest BCUT2D eigenvalue weighted by atomic mass is 32.1. The third-order valence-corrected chi connectivity index (χ3v) is 4.24. The monoisotopic (exact) mass is 347 g/mol. The van der Waals surface area contributed by atoms with Gasteiger partial charge in [-0.05, 0) is 25.5 Å². The van der Waals surface area contributed by atoms with Gasteiger partial charge in [0.1, 0.15) is 0 Å². The van der Waals surface area contributed by atoms with E-state index < -0.39 is 10.9 Å². The maximum atomic E-state index is 11.4. The summed E-state index contributed by atoms with van der Waals surface area (Å²) in [5.74, 6) is -0.963. The molecule has 0 radical (unpaired) electrons. The number of imidazole rings is 1. The molecule has 0 unspecified atom stereocenters. The number of carbonyl (C=O) groups is 1. The van der Waals surface area contributed by atoms with Crippen LogP contribution >= 0.6 is 11.3 Å². The van der Waals surface area contributed by atoms with Crippen LogP contribution in [0.25, 0.3) is 16.2 Å². The van der Waals surface area contributed by atoms with Gasteiger partial charge in [-0.15, -0.1) is 11.3 Å². The Morgan fingerprint density at radius 1 is 1.50 bits per heavy atom. The van der Waals surface area contributed by atoms with Gasteiger partial charge in [-0.25, -0.2) is 9.78 Å². The van der Waals surface area contributed by atoms with Gasteiger partial charge in [-0.3, -0.25) is 14.5 Å². The van der Waals surface area contributed by atoms with Crippen molar-refractivity contribution in [1.82, 2.24) is 9.38 Å². The first kappa shape index (κ1) is 15.9. The van der Waals surface area contributed by atoms with Crippen LogP contribution in [0.1, 0.15) is 23.0 Å². The fourth-order valence-corrected chi connectivity index (χ4v) is 3.33. The fraction of sp³-hybridized carbons (Fsp3) is 0.200. The number of thiazole rings is 1. The third-order valence-electron chi connectivity index (χ3n) is 3.40. The number of aryl methyl sites for hydroxylation is 1. The smallest absolute Gasteiger partial charge is 0.356 e. The summed E-state index contributed by atoms with van der Waals surface area (Å²) < 4.78 is 7.13. The number of hydrogen-bond donors (Lipinski definition) is 1. The van der Waals surface area contributed by atoms with Crippen molar-refractivity contribution >= 4 is 28.0 Å². The standard InChI is InChI=1S/C15H13N3O5S/c1-3-23-13-9(4-8(2)5-11(13)18(21)22)12-7-24-15-16-10(14(19)20)6-17(12)15/h4-7H,3H2,1-2H3,(H,19,20). The Balaban J connectivity index is 2.28. The number of benzene rings is 1. The highest BCUT2D eigenvalue weighted by molar-refractivity contribution is 7.15. The minimum absolute atomic E-state index is 0.0804. The van der Waals surface area contributed by atoms with Gasteiger partial charge in [0, 0.05) is 23.2 Å². The SMILES string of the molecule is CCOc1c(-c2csc3nc(C(=O)O)cn23)cc(C)cc1[N+](=O)[O-]. The molecule has 0 fully saturated rings. The number of fused-ring (bicyclic) bond motifs is 1. The molecule has 0 bridgehead atoms. The number of carboxylic acids is 1. The summed E-state index contributed by atoms with van der Waals surface area (Å²) in [5.41, 5.74) is 1.64. The molecule has 0 amide bonds. The van der Waals surface area contributed by atoms with Crippen LogP contribution in [0.15, 0.2) is 23.7 Å². The number of ether oxygens (including phenoxy) is 1. The zero-order chi connectivity index (χ0) is 17.4. The van der Waals surface area contributed by atoms with Crippen molar-refractivity contribution in [3.8, 4) is 17.0 Å². The summed E-state index contributed by atoms with van der Waals surface area (Å²) in [6.45, 7) is 3.77. The topological polar surface area (TPSA) is 107 Å². The van der Waals surface area contributed by atoms with E-state index >= 15 is 0 Å². The summed E-state index contributed by atoms with van der Waals surface area (Å²) in [4.78, 5) is 26.5. The van der Waals surface area contributed by atoms with Crippen LogP contribution in [-0.2, 0) is 0 Å². The van der Waals surface area contributed by atoms with Gasteiger partial charge in [-0.1, -0.05) is 0 Å². The van der Waals surface area contributed by atoms with Crippen molar-refractivity contribution in [2.75, 3.05) is 6.61 Å². The summed E-state index contributed by atoms with van der Waals surface area (Å²) in [6, 6.07) is 3.23. The van der Waals surface area contributed by atoms with E-state index in [9.17, 15) is 14.9 Å². The first-order valence-electron chi connectivity index (χ1n) is 7.04. The van der Waals surface area contributed by atoms with Crippen molar-refractivity contribution in [2.24, 2.45) is 0 Å². The average Bonchev–Trinajstić information content (AvgIpc) is 3.08. The van der Waals surface area contributed by atoms with Gasteiger partial charge in [0.25, 0.3) is 0 Å². The Hall–Kier alpha value is -2.94. The largest absolute Gasteiger partial charge is 0.487 e. The average molecular weight is 347 g/mol. The molecule has 8 nitrogen and oxygen atoms in total. The zero-order valence-electron chi connectivity index (χ0n) is 12.8. The minimum Gasteiger partial charge on any atom is -0.487 e. The summed E-state index contributed by atoms with van der Waals surface area (Å²) in [5, 5.41) is 22.2. The lowest BCUT2D eigenvalue weighted by Crippen LogP contribution is -2.01. The molecule has 0 aliphatic rings. The minimum atomic E-state index is -1.13. The molecule has 9 heteroatoms. The summed E-state index contributed by atoms with van der Waals surface area (Å²) in [6.07, 6.45) is 1.40. The molecule has 2 heterocycles.